The zero-order valence-electron chi connectivity index (χ0n) is 28.9. The Morgan fingerprint density at radius 1 is 0.783 bits per heavy atom. The van der Waals surface area contributed by atoms with E-state index >= 15 is 0 Å². The Balaban J connectivity index is -0.000000765. The van der Waals surface area contributed by atoms with Crippen LogP contribution in [-0.4, -0.2) is 124 Å². The molecule has 0 aromatic heterocycles. The minimum absolute atomic E-state index is 0. The molecule has 4 rings (SSSR count). The third-order valence-corrected chi connectivity index (χ3v) is 8.38. The summed E-state index contributed by atoms with van der Waals surface area (Å²) in [6.07, 6.45) is 3.01. The number of likely N-dealkylation sites (tertiary alicyclic amines) is 2. The van der Waals surface area contributed by atoms with E-state index in [2.05, 4.69) is 15.5 Å². The molecule has 0 bridgehead atoms. The van der Waals surface area contributed by atoms with Gasteiger partial charge in [0, 0.05) is 33.1 Å². The smallest absolute Gasteiger partial charge is 1.00 e. The van der Waals surface area contributed by atoms with Gasteiger partial charge in [-0.05, 0) is 77.6 Å². The van der Waals surface area contributed by atoms with E-state index in [-0.39, 0.29) is 81.0 Å². The maximum absolute atomic E-state index is 12.7. The zero-order valence-corrected chi connectivity index (χ0v) is 27.9. The largest absolute Gasteiger partial charge is 1.00 e. The molecule has 2 heterocycles. The minimum Gasteiger partial charge on any atom is -1.00 e. The van der Waals surface area contributed by atoms with Crippen molar-refractivity contribution >= 4 is 23.3 Å². The van der Waals surface area contributed by atoms with E-state index in [0.717, 1.165) is 56.7 Å². The van der Waals surface area contributed by atoms with Crippen molar-refractivity contribution in [3.63, 3.8) is 0 Å². The first-order chi connectivity index (χ1) is 20.6. The third-order valence-electron chi connectivity index (χ3n) is 8.38. The number of nitrogens with zero attached hydrogens (tertiary/aromatic N) is 2. The van der Waals surface area contributed by atoms with E-state index in [9.17, 15) is 25.2 Å². The van der Waals surface area contributed by atoms with Gasteiger partial charge in [-0.2, -0.15) is 0 Å². The predicted molar refractivity (Wildman–Crippen MR) is 186 cm³/mol. The molecule has 2 aliphatic heterocycles. The number of nitrogens with one attached hydrogen (secondary N) is 2. The van der Waals surface area contributed by atoms with Crippen LogP contribution in [0.1, 0.15) is 76.8 Å². The van der Waals surface area contributed by atoms with Crippen LogP contribution < -0.4 is 29.5 Å². The van der Waals surface area contributed by atoms with Crippen molar-refractivity contribution in [1.29, 1.82) is 0 Å². The number of carbonyl (C=O) groups excluding carboxylic acids is 1. The molecule has 2 aromatic rings. The third kappa shape index (κ3) is 14.0. The van der Waals surface area contributed by atoms with Gasteiger partial charge in [-0.25, -0.2) is 0 Å². The average Bonchev–Trinajstić information content (AvgIpc) is 3.75. The standard InChI is InChI=1S/C17H26N2O3.C17H28N2O2.Al.FH.Li.H2.4H/c1-12-5-7-14(8-6-12)16(21)15(18-13(2)11-20)17(22)19-9-3-4-10-19;1-13-5-7-15(8-6-13)17(21)16(18-14(2)12-20)11-19-9-3-4-10-19;;;;;;;;/h5-8,13,15-16,18,20-21H,3-4,9-11H2,1-2H3;5-8,14,16-18,20-21H,3-4,9-12H2,1-2H3;;1H;;1H;;;;/q;;;;+1;;;;;-1/t13?,15-,16+;14?,16-,17-;;;;;;;;/m01......../s1/i;;;;;1+2;;;;. The minimum atomic E-state index is -0.928. The van der Waals surface area contributed by atoms with Crippen LogP contribution in [0.2, 0.25) is 0 Å². The van der Waals surface area contributed by atoms with Gasteiger partial charge in [0.05, 0.1) is 25.4 Å². The Kier molecular flexibility index (Phi) is 22.5. The van der Waals surface area contributed by atoms with Crippen molar-refractivity contribution < 1.29 is 51.6 Å². The van der Waals surface area contributed by atoms with Gasteiger partial charge in [-0.15, -0.1) is 0 Å². The average molecular weight is 661 g/mol. The Bertz CT molecular complexity index is 1100. The van der Waals surface area contributed by atoms with Crippen LogP contribution >= 0.6 is 0 Å². The molecular weight excluding hydrogens is 597 g/mol. The summed E-state index contributed by atoms with van der Waals surface area (Å²) in [6.45, 7) is 12.3. The molecule has 0 saturated carbocycles. The summed E-state index contributed by atoms with van der Waals surface area (Å²) in [5.41, 5.74) is 3.94. The van der Waals surface area contributed by atoms with E-state index < -0.39 is 18.2 Å². The fourth-order valence-corrected chi connectivity index (χ4v) is 5.65. The second kappa shape index (κ2) is 23.1. The molecule has 2 aromatic carbocycles. The molecule has 2 unspecified atom stereocenters. The van der Waals surface area contributed by atoms with E-state index in [1.54, 1.807) is 11.8 Å². The van der Waals surface area contributed by atoms with E-state index in [4.69, 9.17) is 0 Å². The summed E-state index contributed by atoms with van der Waals surface area (Å²) in [7, 11) is 0. The Morgan fingerprint density at radius 2 is 1.20 bits per heavy atom. The first kappa shape index (κ1) is 44.7. The van der Waals surface area contributed by atoms with Crippen LogP contribution in [0.3, 0.4) is 0 Å². The first-order valence-corrected chi connectivity index (χ1v) is 15.9. The van der Waals surface area contributed by atoms with Crippen LogP contribution in [0.25, 0.3) is 0 Å². The molecule has 2 fully saturated rings. The van der Waals surface area contributed by atoms with E-state index in [0.29, 0.717) is 5.56 Å². The molecule has 6 N–H and O–H groups in total. The number of aliphatic hydroxyl groups is 4. The molecule has 12 heteroatoms. The van der Waals surface area contributed by atoms with Gasteiger partial charge in [-0.1, -0.05) is 59.7 Å². The number of aryl methyl sites for hydroxylation is 2. The number of hydrogen-bond acceptors (Lipinski definition) is 8. The van der Waals surface area contributed by atoms with Gasteiger partial charge in [0.1, 0.15) is 12.1 Å². The topological polar surface area (TPSA) is 129 Å². The van der Waals surface area contributed by atoms with Crippen molar-refractivity contribution in [3.05, 3.63) is 70.8 Å². The maximum atomic E-state index is 12.7. The van der Waals surface area contributed by atoms with Gasteiger partial charge in [0.25, 0.3) is 0 Å². The summed E-state index contributed by atoms with van der Waals surface area (Å²) in [6, 6.07) is 14.5. The number of halogens is 1. The maximum Gasteiger partial charge on any atom is 1.00 e. The van der Waals surface area contributed by atoms with Gasteiger partial charge >= 0.3 is 18.9 Å². The summed E-state index contributed by atoms with van der Waals surface area (Å²) < 4.78 is 0. The van der Waals surface area contributed by atoms with Crippen molar-refractivity contribution in [2.45, 2.75) is 89.8 Å². The van der Waals surface area contributed by atoms with Gasteiger partial charge in [-0.3, -0.25) is 14.8 Å². The molecule has 0 aliphatic carbocycles. The Hall–Kier alpha value is -1.31. The Morgan fingerprint density at radius 3 is 1.65 bits per heavy atom. The predicted octanol–water partition coefficient (Wildman–Crippen LogP) is -1.22. The van der Waals surface area contributed by atoms with Crippen LogP contribution in [0.5, 0.6) is 0 Å². The SMILES string of the molecule is Cc1ccc([C@@H](O)[C@@H](CN2CCCC2)NC(C)CO)cc1.Cc1ccc([C@@H](O)[C@H](NC(C)CO)C(=O)N2CCCC2)cc1.F.[3HH].[AlH3].[H-].[Li+]. The quantitative estimate of drug-likeness (QED) is 0.148. The number of carbonyl (C=O) groups is 1. The normalized spacial score (nSPS) is 18.4. The van der Waals surface area contributed by atoms with Crippen molar-refractivity contribution in [1.82, 2.24) is 20.4 Å². The van der Waals surface area contributed by atoms with Crippen LogP contribution in [-0.2, 0) is 4.79 Å². The number of rotatable bonds is 13. The summed E-state index contributed by atoms with van der Waals surface area (Å²) in [5.74, 6) is -0.0918. The van der Waals surface area contributed by atoms with Crippen LogP contribution in [0, 0.1) is 13.8 Å². The van der Waals surface area contributed by atoms with Gasteiger partial charge in [0.2, 0.25) is 5.91 Å². The molecule has 46 heavy (non-hydrogen) atoms. The van der Waals surface area contributed by atoms with Crippen LogP contribution in [0.4, 0.5) is 4.70 Å². The number of hydrogen-bond donors (Lipinski definition) is 6. The Labute approximate surface area is 300 Å². The van der Waals surface area contributed by atoms with Gasteiger partial charge < -0.3 is 37.0 Å². The molecule has 1 amide bonds. The molecule has 2 aliphatic rings. The molecule has 0 spiro atoms. The fraction of sp³-hybridized carbons (Fsp3) is 0.618. The molecule has 9 nitrogen and oxygen atoms in total. The fourth-order valence-electron chi connectivity index (χ4n) is 5.65. The van der Waals surface area contributed by atoms with Crippen molar-refractivity contribution in [2.75, 3.05) is 45.9 Å². The van der Waals surface area contributed by atoms with Crippen LogP contribution in [0.15, 0.2) is 48.5 Å². The molecule has 6 atom stereocenters. The molecule has 258 valence electrons. The monoisotopic (exact) mass is 660 g/mol. The first-order valence-electron chi connectivity index (χ1n) is 15.9. The zero-order chi connectivity index (χ0) is 31.4. The molecular formula is C34H61AlFLiN4O5. The number of benzene rings is 2. The summed E-state index contributed by atoms with van der Waals surface area (Å²) in [4.78, 5) is 16.9. The molecule has 2 saturated heterocycles. The van der Waals surface area contributed by atoms with E-state index in [1.807, 2.05) is 69.3 Å². The van der Waals surface area contributed by atoms with E-state index in [1.165, 1.54) is 18.4 Å². The van der Waals surface area contributed by atoms with Crippen molar-refractivity contribution in [3.8, 4) is 0 Å². The number of amides is 1. The number of aliphatic hydroxyl groups excluding tert-OH is 4. The second-order valence-electron chi connectivity index (χ2n) is 12.3. The van der Waals surface area contributed by atoms with Crippen molar-refractivity contribution in [2.24, 2.45) is 0 Å². The van der Waals surface area contributed by atoms with Gasteiger partial charge in [0.15, 0.2) is 17.4 Å². The molecule has 0 radical (unpaired) electrons. The summed E-state index contributed by atoms with van der Waals surface area (Å²) in [5, 5.41) is 46.3. The second-order valence-corrected chi connectivity index (χ2v) is 12.3. The summed E-state index contributed by atoms with van der Waals surface area (Å²) >= 11 is 0.